The summed E-state index contributed by atoms with van der Waals surface area (Å²) in [6, 6.07) is 10.9. The highest BCUT2D eigenvalue weighted by Gasteiger charge is 2.54. The average molecular weight is 424 g/mol. The number of nitrogens with zero attached hydrogens (tertiary/aromatic N) is 2. The minimum atomic E-state index is -0.374. The lowest BCUT2D eigenvalue weighted by Crippen LogP contribution is -2.47. The predicted molar refractivity (Wildman–Crippen MR) is 117 cm³/mol. The Morgan fingerprint density at radius 2 is 2.06 bits per heavy atom. The molecule has 2 aromatic rings. The summed E-state index contributed by atoms with van der Waals surface area (Å²) in [7, 11) is 3.54. The van der Waals surface area contributed by atoms with Gasteiger partial charge in [0.15, 0.2) is 0 Å². The molecule has 0 radical (unpaired) electrons. The number of rotatable bonds is 6. The lowest BCUT2D eigenvalue weighted by atomic mass is 9.88. The largest absolute Gasteiger partial charge is 0.497 e. The highest BCUT2D eigenvalue weighted by molar-refractivity contribution is 5.82. The molecule has 7 nitrogen and oxygen atoms in total. The number of pyridine rings is 1. The van der Waals surface area contributed by atoms with Crippen LogP contribution in [-0.2, 0) is 11.3 Å². The maximum absolute atomic E-state index is 13.4. The molecule has 2 aliphatic heterocycles. The Bertz CT molecular complexity index is 1060. The van der Waals surface area contributed by atoms with E-state index >= 15 is 0 Å². The van der Waals surface area contributed by atoms with Crippen LogP contribution in [-0.4, -0.2) is 53.8 Å². The molecule has 4 atom stereocenters. The first-order valence-corrected chi connectivity index (χ1v) is 11.0. The van der Waals surface area contributed by atoms with E-state index in [0.717, 1.165) is 17.8 Å². The van der Waals surface area contributed by atoms with Crippen LogP contribution in [0.4, 0.5) is 0 Å². The number of likely N-dealkylation sites (tertiary alicyclic amines) is 1. The maximum atomic E-state index is 13.4. The summed E-state index contributed by atoms with van der Waals surface area (Å²) >= 11 is 0. The number of aliphatic hydroxyl groups excluding tert-OH is 1. The third-order valence-electron chi connectivity index (χ3n) is 7.27. The topological polar surface area (TPSA) is 83.8 Å². The van der Waals surface area contributed by atoms with E-state index in [-0.39, 0.29) is 42.0 Å². The second kappa shape index (κ2) is 7.80. The number of ether oxygens (including phenoxy) is 1. The van der Waals surface area contributed by atoms with Crippen molar-refractivity contribution >= 4 is 5.91 Å². The highest BCUT2D eigenvalue weighted by Crippen LogP contribution is 2.48. The molecule has 3 aliphatic rings. The second-order valence-electron chi connectivity index (χ2n) is 9.07. The summed E-state index contributed by atoms with van der Waals surface area (Å²) in [4.78, 5) is 28.3. The quantitative estimate of drug-likeness (QED) is 0.738. The van der Waals surface area contributed by atoms with E-state index in [2.05, 4.69) is 10.2 Å². The smallest absolute Gasteiger partial charge is 0.258 e. The van der Waals surface area contributed by atoms with Gasteiger partial charge in [0.2, 0.25) is 5.91 Å². The Hall–Kier alpha value is -2.64. The van der Waals surface area contributed by atoms with Gasteiger partial charge in [0.1, 0.15) is 5.75 Å². The SMILES string of the molecule is COc1cccc(-c2ccc3n(c2=O)C[C@@H]2[C@@H](CO)[C@H](C(=O)NCC4CC4)N(C)[C@H]32)c1. The van der Waals surface area contributed by atoms with Gasteiger partial charge in [0.25, 0.3) is 5.56 Å². The number of likely N-dealkylation sites (N-methyl/N-ethyl adjacent to an activating group) is 1. The number of hydrogen-bond acceptors (Lipinski definition) is 5. The van der Waals surface area contributed by atoms with Gasteiger partial charge in [-0.25, -0.2) is 0 Å². The summed E-state index contributed by atoms with van der Waals surface area (Å²) < 4.78 is 7.12. The molecule has 164 valence electrons. The standard InChI is InChI=1S/C24H29N3O4/c1-26-21-18(19(13-28)22(26)23(29)25-11-14-6-7-14)12-27-20(21)9-8-17(24(27)30)15-4-3-5-16(10-15)31-2/h3-5,8-10,14,18-19,21-22,28H,6-7,11-13H2,1-2H3,(H,25,29)/t18-,19-,21+,22-/m1/s1. The van der Waals surface area contributed by atoms with Crippen LogP contribution in [0.1, 0.15) is 24.6 Å². The van der Waals surface area contributed by atoms with Crippen molar-refractivity contribution in [3.8, 4) is 16.9 Å². The number of methoxy groups -OCH3 is 1. The molecule has 1 aromatic carbocycles. The minimum absolute atomic E-state index is 0.00949. The fraction of sp³-hybridized carbons (Fsp3) is 0.500. The Labute approximate surface area is 181 Å². The predicted octanol–water partition coefficient (Wildman–Crippen LogP) is 1.64. The van der Waals surface area contributed by atoms with Crippen molar-refractivity contribution in [1.82, 2.24) is 14.8 Å². The van der Waals surface area contributed by atoms with Crippen molar-refractivity contribution in [3.05, 3.63) is 52.4 Å². The van der Waals surface area contributed by atoms with Crippen molar-refractivity contribution in [2.75, 3.05) is 27.3 Å². The number of fused-ring (bicyclic) bond motifs is 3. The van der Waals surface area contributed by atoms with Crippen molar-refractivity contribution in [2.45, 2.75) is 31.5 Å². The van der Waals surface area contributed by atoms with Gasteiger partial charge in [-0.2, -0.15) is 0 Å². The molecule has 2 fully saturated rings. The van der Waals surface area contributed by atoms with E-state index in [9.17, 15) is 14.7 Å². The molecule has 0 bridgehead atoms. The molecule has 1 amide bonds. The van der Waals surface area contributed by atoms with Crippen molar-refractivity contribution in [3.63, 3.8) is 0 Å². The Morgan fingerprint density at radius 1 is 1.26 bits per heavy atom. The van der Waals surface area contributed by atoms with E-state index < -0.39 is 0 Å². The molecule has 7 heteroatoms. The lowest BCUT2D eigenvalue weighted by molar-refractivity contribution is -0.127. The number of nitrogens with one attached hydrogen (secondary N) is 1. The molecule has 31 heavy (non-hydrogen) atoms. The summed E-state index contributed by atoms with van der Waals surface area (Å²) in [6.07, 6.45) is 2.36. The van der Waals surface area contributed by atoms with Crippen LogP contribution in [0.15, 0.2) is 41.2 Å². The third-order valence-corrected chi connectivity index (χ3v) is 7.27. The van der Waals surface area contributed by atoms with Crippen molar-refractivity contribution in [2.24, 2.45) is 17.8 Å². The molecule has 1 aliphatic carbocycles. The Balaban J connectivity index is 1.46. The van der Waals surface area contributed by atoms with Gasteiger partial charge in [-0.15, -0.1) is 0 Å². The first kappa shape index (κ1) is 20.3. The summed E-state index contributed by atoms with van der Waals surface area (Å²) in [5.41, 5.74) is 2.32. The van der Waals surface area contributed by atoms with E-state index in [0.29, 0.717) is 23.8 Å². The number of hydrogen-bond donors (Lipinski definition) is 2. The average Bonchev–Trinajstić information content (AvgIpc) is 3.47. The molecule has 2 N–H and O–H groups in total. The summed E-state index contributed by atoms with van der Waals surface area (Å²) in [5, 5.41) is 13.2. The van der Waals surface area contributed by atoms with Crippen LogP contribution >= 0.6 is 0 Å². The van der Waals surface area contributed by atoms with Crippen LogP contribution in [0, 0.1) is 17.8 Å². The van der Waals surface area contributed by atoms with Gasteiger partial charge in [-0.05, 0) is 55.6 Å². The van der Waals surface area contributed by atoms with Gasteiger partial charge >= 0.3 is 0 Å². The van der Waals surface area contributed by atoms with Gasteiger partial charge in [0, 0.05) is 42.8 Å². The van der Waals surface area contributed by atoms with E-state index in [1.807, 2.05) is 48.0 Å². The zero-order valence-corrected chi connectivity index (χ0v) is 18.0. The molecule has 5 rings (SSSR count). The van der Waals surface area contributed by atoms with Crippen LogP contribution in [0.25, 0.3) is 11.1 Å². The Morgan fingerprint density at radius 3 is 2.77 bits per heavy atom. The van der Waals surface area contributed by atoms with E-state index in [1.54, 1.807) is 7.11 Å². The van der Waals surface area contributed by atoms with Crippen LogP contribution in [0.2, 0.25) is 0 Å². The summed E-state index contributed by atoms with van der Waals surface area (Å²) in [6.45, 7) is 1.16. The van der Waals surface area contributed by atoms with Crippen molar-refractivity contribution in [1.29, 1.82) is 0 Å². The van der Waals surface area contributed by atoms with Crippen LogP contribution < -0.4 is 15.6 Å². The molecule has 0 unspecified atom stereocenters. The zero-order chi connectivity index (χ0) is 21.7. The van der Waals surface area contributed by atoms with E-state index in [4.69, 9.17) is 4.74 Å². The van der Waals surface area contributed by atoms with Gasteiger partial charge in [-0.1, -0.05) is 12.1 Å². The maximum Gasteiger partial charge on any atom is 0.258 e. The molecule has 1 saturated carbocycles. The van der Waals surface area contributed by atoms with Crippen LogP contribution in [0.3, 0.4) is 0 Å². The second-order valence-corrected chi connectivity index (χ2v) is 9.07. The number of aromatic nitrogens is 1. The van der Waals surface area contributed by atoms with Crippen LogP contribution in [0.5, 0.6) is 5.75 Å². The zero-order valence-electron chi connectivity index (χ0n) is 18.0. The summed E-state index contributed by atoms with van der Waals surface area (Å²) in [5.74, 6) is 1.13. The number of carbonyl (C=O) groups excluding carboxylic acids is 1. The fourth-order valence-corrected chi connectivity index (χ4v) is 5.45. The normalized spacial score (nSPS) is 27.1. The molecule has 0 spiro atoms. The molecule has 1 saturated heterocycles. The van der Waals surface area contributed by atoms with Crippen molar-refractivity contribution < 1.29 is 14.6 Å². The first-order chi connectivity index (χ1) is 15.0. The monoisotopic (exact) mass is 423 g/mol. The number of aliphatic hydroxyl groups is 1. The molecular formula is C24H29N3O4. The van der Waals surface area contributed by atoms with Gasteiger partial charge < -0.3 is 19.7 Å². The number of benzene rings is 1. The molecule has 1 aromatic heterocycles. The highest BCUT2D eigenvalue weighted by atomic mass is 16.5. The number of carbonyl (C=O) groups is 1. The molecule has 3 heterocycles. The minimum Gasteiger partial charge on any atom is -0.497 e. The fourth-order valence-electron chi connectivity index (χ4n) is 5.45. The lowest BCUT2D eigenvalue weighted by Gasteiger charge is -2.27. The number of amides is 1. The first-order valence-electron chi connectivity index (χ1n) is 11.0. The van der Waals surface area contributed by atoms with Gasteiger partial charge in [0.05, 0.1) is 19.2 Å². The third kappa shape index (κ3) is 3.36. The van der Waals surface area contributed by atoms with Gasteiger partial charge in [-0.3, -0.25) is 14.5 Å². The Kier molecular flexibility index (Phi) is 5.10. The van der Waals surface area contributed by atoms with E-state index in [1.165, 1.54) is 12.8 Å². The molecular weight excluding hydrogens is 394 g/mol.